The maximum atomic E-state index is 13.3. The maximum Gasteiger partial charge on any atom is 0.277 e. The molecule has 0 saturated carbocycles. The fourth-order valence-electron chi connectivity index (χ4n) is 2.32. The number of aromatic nitrogens is 3. The van der Waals surface area contributed by atoms with Crippen molar-refractivity contribution < 1.29 is 13.6 Å². The van der Waals surface area contributed by atoms with Crippen LogP contribution in [0, 0.1) is 5.82 Å². The summed E-state index contributed by atoms with van der Waals surface area (Å²) in [7, 11) is 0. The lowest BCUT2D eigenvalue weighted by Gasteiger charge is -2.20. The van der Waals surface area contributed by atoms with Crippen LogP contribution < -0.4 is 0 Å². The van der Waals surface area contributed by atoms with Gasteiger partial charge in [0.25, 0.3) is 5.22 Å². The zero-order valence-electron chi connectivity index (χ0n) is 14.1. The number of amides is 1. The van der Waals surface area contributed by atoms with E-state index in [1.165, 1.54) is 23.9 Å². The lowest BCUT2D eigenvalue weighted by atomic mass is 10.2. The smallest absolute Gasteiger partial charge is 0.277 e. The summed E-state index contributed by atoms with van der Waals surface area (Å²) in [6.45, 7) is 2.77. The van der Waals surface area contributed by atoms with Gasteiger partial charge in [0.1, 0.15) is 5.82 Å². The monoisotopic (exact) mass is 372 g/mol. The van der Waals surface area contributed by atoms with Crippen LogP contribution >= 0.6 is 11.8 Å². The second-order valence-electron chi connectivity index (χ2n) is 5.44. The standard InChI is InChI=1S/C18H17FN4O2S/c1-2-23(11-13-5-3-7-15(19)9-13)16(24)12-26-18-22-21-17(25-18)14-6-4-8-20-10-14/h3-10H,2,11-12H2,1H3. The van der Waals surface area contributed by atoms with Crippen molar-refractivity contribution in [2.24, 2.45) is 0 Å². The van der Waals surface area contributed by atoms with Gasteiger partial charge in [-0.05, 0) is 36.8 Å². The van der Waals surface area contributed by atoms with Gasteiger partial charge in [-0.1, -0.05) is 23.9 Å². The van der Waals surface area contributed by atoms with Gasteiger partial charge < -0.3 is 9.32 Å². The molecule has 0 aliphatic heterocycles. The molecule has 8 heteroatoms. The number of benzene rings is 1. The highest BCUT2D eigenvalue weighted by Crippen LogP contribution is 2.22. The van der Waals surface area contributed by atoms with Crippen molar-refractivity contribution in [1.82, 2.24) is 20.1 Å². The molecule has 0 unspecified atom stereocenters. The molecule has 0 spiro atoms. The lowest BCUT2D eigenvalue weighted by molar-refractivity contribution is -0.128. The van der Waals surface area contributed by atoms with Crippen molar-refractivity contribution in [3.63, 3.8) is 0 Å². The number of pyridine rings is 1. The summed E-state index contributed by atoms with van der Waals surface area (Å²) in [5.74, 6) is 0.134. The summed E-state index contributed by atoms with van der Waals surface area (Å²) >= 11 is 1.18. The summed E-state index contributed by atoms with van der Waals surface area (Å²) < 4.78 is 18.8. The molecule has 0 fully saturated rings. The number of hydrogen-bond donors (Lipinski definition) is 0. The van der Waals surface area contributed by atoms with Gasteiger partial charge in [0.2, 0.25) is 11.8 Å². The number of carbonyl (C=O) groups excluding carboxylic acids is 1. The van der Waals surface area contributed by atoms with Crippen LogP contribution in [0.5, 0.6) is 0 Å². The normalized spacial score (nSPS) is 10.7. The number of rotatable bonds is 7. The van der Waals surface area contributed by atoms with Gasteiger partial charge in [-0.25, -0.2) is 4.39 Å². The summed E-state index contributed by atoms with van der Waals surface area (Å²) in [5.41, 5.74) is 1.47. The van der Waals surface area contributed by atoms with Crippen molar-refractivity contribution in [2.45, 2.75) is 18.7 Å². The third-order valence-corrected chi connectivity index (χ3v) is 4.43. The predicted octanol–water partition coefficient (Wildman–Crippen LogP) is 3.41. The molecule has 0 radical (unpaired) electrons. The zero-order chi connectivity index (χ0) is 18.4. The molecule has 0 atom stereocenters. The van der Waals surface area contributed by atoms with E-state index in [-0.39, 0.29) is 17.5 Å². The molecule has 6 nitrogen and oxygen atoms in total. The second kappa shape index (κ2) is 8.57. The van der Waals surface area contributed by atoms with Gasteiger partial charge in [-0.2, -0.15) is 0 Å². The van der Waals surface area contributed by atoms with Crippen molar-refractivity contribution in [2.75, 3.05) is 12.3 Å². The van der Waals surface area contributed by atoms with Crippen LogP contribution in [0.15, 0.2) is 58.4 Å². The lowest BCUT2D eigenvalue weighted by Crippen LogP contribution is -2.31. The molecule has 1 amide bonds. The third kappa shape index (κ3) is 4.66. The first kappa shape index (κ1) is 18.1. The SMILES string of the molecule is CCN(Cc1cccc(F)c1)C(=O)CSc1nnc(-c2cccnc2)o1. The number of halogens is 1. The van der Waals surface area contributed by atoms with Crippen molar-refractivity contribution in [3.8, 4) is 11.5 Å². The Morgan fingerprint density at radius 2 is 2.15 bits per heavy atom. The Morgan fingerprint density at radius 1 is 1.27 bits per heavy atom. The van der Waals surface area contributed by atoms with Gasteiger partial charge in [-0.3, -0.25) is 9.78 Å². The first-order chi connectivity index (χ1) is 12.7. The second-order valence-corrected chi connectivity index (χ2v) is 6.37. The third-order valence-electron chi connectivity index (χ3n) is 3.63. The van der Waals surface area contributed by atoms with E-state index >= 15 is 0 Å². The molecule has 0 aliphatic carbocycles. The first-order valence-corrected chi connectivity index (χ1v) is 9.03. The van der Waals surface area contributed by atoms with Crippen LogP contribution in [0.25, 0.3) is 11.5 Å². The minimum absolute atomic E-state index is 0.0807. The molecule has 1 aromatic carbocycles. The van der Waals surface area contributed by atoms with Gasteiger partial charge in [0.15, 0.2) is 0 Å². The van der Waals surface area contributed by atoms with Crippen molar-refractivity contribution in [1.29, 1.82) is 0 Å². The largest absolute Gasteiger partial charge is 0.411 e. The maximum absolute atomic E-state index is 13.3. The van der Waals surface area contributed by atoms with E-state index in [0.29, 0.717) is 24.2 Å². The molecule has 2 heterocycles. The highest BCUT2D eigenvalue weighted by Gasteiger charge is 2.16. The van der Waals surface area contributed by atoms with E-state index < -0.39 is 0 Å². The van der Waals surface area contributed by atoms with E-state index in [9.17, 15) is 9.18 Å². The molecule has 0 bridgehead atoms. The highest BCUT2D eigenvalue weighted by molar-refractivity contribution is 7.99. The van der Waals surface area contributed by atoms with E-state index in [0.717, 1.165) is 11.1 Å². The Bertz CT molecular complexity index is 872. The molecule has 0 aliphatic rings. The van der Waals surface area contributed by atoms with Crippen LogP contribution in [0.4, 0.5) is 4.39 Å². The predicted molar refractivity (Wildman–Crippen MR) is 95.7 cm³/mol. The Hall–Kier alpha value is -2.74. The van der Waals surface area contributed by atoms with Gasteiger partial charge >= 0.3 is 0 Å². The minimum atomic E-state index is -0.311. The number of hydrogen-bond acceptors (Lipinski definition) is 6. The molecule has 26 heavy (non-hydrogen) atoms. The topological polar surface area (TPSA) is 72.1 Å². The van der Waals surface area contributed by atoms with Crippen LogP contribution in [0.1, 0.15) is 12.5 Å². The molecule has 0 saturated heterocycles. The molecular formula is C18H17FN4O2S. The zero-order valence-corrected chi connectivity index (χ0v) is 14.9. The minimum Gasteiger partial charge on any atom is -0.411 e. The number of thioether (sulfide) groups is 1. The average Bonchev–Trinajstić information content (AvgIpc) is 3.14. The van der Waals surface area contributed by atoms with Crippen LogP contribution in [-0.4, -0.2) is 38.3 Å². The van der Waals surface area contributed by atoms with Crippen molar-refractivity contribution >= 4 is 17.7 Å². The highest BCUT2D eigenvalue weighted by atomic mass is 32.2. The quantitative estimate of drug-likeness (QED) is 0.592. The number of nitrogens with zero attached hydrogens (tertiary/aromatic N) is 4. The van der Waals surface area contributed by atoms with Crippen LogP contribution in [0.3, 0.4) is 0 Å². The van der Waals surface area contributed by atoms with Crippen LogP contribution in [0.2, 0.25) is 0 Å². The van der Waals surface area contributed by atoms with Gasteiger partial charge in [0.05, 0.1) is 11.3 Å². The Kier molecular flexibility index (Phi) is 5.96. The van der Waals surface area contributed by atoms with Gasteiger partial charge in [-0.15, -0.1) is 10.2 Å². The Balaban J connectivity index is 1.58. The average molecular weight is 372 g/mol. The Morgan fingerprint density at radius 3 is 2.88 bits per heavy atom. The van der Waals surface area contributed by atoms with Gasteiger partial charge in [0, 0.05) is 25.5 Å². The van der Waals surface area contributed by atoms with E-state index in [4.69, 9.17) is 4.42 Å². The summed E-state index contributed by atoms with van der Waals surface area (Å²) in [4.78, 5) is 18.1. The molecule has 2 aromatic heterocycles. The summed E-state index contributed by atoms with van der Waals surface area (Å²) in [6, 6.07) is 9.84. The fraction of sp³-hybridized carbons (Fsp3) is 0.222. The molecule has 3 rings (SSSR count). The molecule has 134 valence electrons. The number of carbonyl (C=O) groups is 1. The van der Waals surface area contributed by atoms with E-state index in [1.807, 2.05) is 13.0 Å². The fourth-order valence-corrected chi connectivity index (χ4v) is 2.99. The molecular weight excluding hydrogens is 355 g/mol. The molecule has 3 aromatic rings. The Labute approximate surface area is 154 Å². The summed E-state index contributed by atoms with van der Waals surface area (Å²) in [5, 5.41) is 8.22. The summed E-state index contributed by atoms with van der Waals surface area (Å²) in [6.07, 6.45) is 3.29. The van der Waals surface area contributed by atoms with E-state index in [1.54, 1.807) is 35.5 Å². The first-order valence-electron chi connectivity index (χ1n) is 8.04. The van der Waals surface area contributed by atoms with Crippen molar-refractivity contribution in [3.05, 3.63) is 60.2 Å². The van der Waals surface area contributed by atoms with Crippen LogP contribution in [-0.2, 0) is 11.3 Å². The van der Waals surface area contributed by atoms with E-state index in [2.05, 4.69) is 15.2 Å². The molecule has 0 N–H and O–H groups in total.